The Morgan fingerprint density at radius 2 is 1.75 bits per heavy atom. The normalized spacial score (nSPS) is 10.1. The van der Waals surface area contributed by atoms with Gasteiger partial charge in [0.15, 0.2) is 0 Å². The Kier molecular flexibility index (Phi) is 12.3. The zero-order valence-electron chi connectivity index (χ0n) is 12.4. The van der Waals surface area contributed by atoms with E-state index in [-0.39, 0.29) is 17.7 Å². The quantitative estimate of drug-likeness (QED) is 0.440. The lowest BCUT2D eigenvalue weighted by molar-refractivity contribution is -0.143. The molecule has 0 rings (SSSR count). The molecule has 1 N–H and O–H groups in total. The highest BCUT2D eigenvalue weighted by molar-refractivity contribution is 7.98. The predicted molar refractivity (Wildman–Crippen MR) is 80.7 cm³/mol. The number of unbranched alkanes of at least 4 members (excludes halogenated alkanes) is 1. The smallest absolute Gasteiger partial charge is 0.305 e. The molecule has 0 fully saturated rings. The molecule has 6 heteroatoms. The number of hydrogen-bond acceptors (Lipinski definition) is 5. The zero-order valence-corrected chi connectivity index (χ0v) is 13.2. The van der Waals surface area contributed by atoms with Crippen molar-refractivity contribution in [2.24, 2.45) is 0 Å². The molecule has 0 spiro atoms. The number of ether oxygens (including phenoxy) is 1. The number of carbonyl (C=O) groups is 3. The summed E-state index contributed by atoms with van der Waals surface area (Å²) in [7, 11) is 0. The summed E-state index contributed by atoms with van der Waals surface area (Å²) in [4.78, 5) is 33.3. The fourth-order valence-electron chi connectivity index (χ4n) is 1.48. The van der Waals surface area contributed by atoms with Crippen LogP contribution in [0.1, 0.15) is 45.4 Å². The van der Waals surface area contributed by atoms with E-state index in [0.717, 1.165) is 12.2 Å². The lowest BCUT2D eigenvalue weighted by Crippen LogP contribution is -2.25. The molecule has 0 aromatic heterocycles. The molecule has 20 heavy (non-hydrogen) atoms. The zero-order chi connectivity index (χ0) is 15.2. The molecule has 0 saturated carbocycles. The molecule has 0 aliphatic heterocycles. The fourth-order valence-corrected chi connectivity index (χ4v) is 1.87. The molecule has 0 atom stereocenters. The summed E-state index contributed by atoms with van der Waals surface area (Å²) in [6, 6.07) is 0. The first-order valence-corrected chi connectivity index (χ1v) is 8.36. The van der Waals surface area contributed by atoms with Gasteiger partial charge in [-0.25, -0.2) is 0 Å². The van der Waals surface area contributed by atoms with Crippen molar-refractivity contribution in [3.63, 3.8) is 0 Å². The molecule has 0 bridgehead atoms. The third-order valence-electron chi connectivity index (χ3n) is 2.60. The highest BCUT2D eigenvalue weighted by Gasteiger charge is 2.04. The number of carbonyl (C=O) groups excluding carboxylic acids is 3. The van der Waals surface area contributed by atoms with Gasteiger partial charge in [-0.2, -0.15) is 11.8 Å². The Balaban J connectivity index is 3.35. The van der Waals surface area contributed by atoms with Crippen molar-refractivity contribution >= 4 is 29.4 Å². The van der Waals surface area contributed by atoms with E-state index in [4.69, 9.17) is 4.74 Å². The summed E-state index contributed by atoms with van der Waals surface area (Å²) in [6.45, 7) is 2.41. The van der Waals surface area contributed by atoms with Gasteiger partial charge in [-0.05, 0) is 32.4 Å². The minimum atomic E-state index is -0.234. The Bertz CT molecular complexity index is 308. The lowest BCUT2D eigenvalue weighted by Gasteiger charge is -2.06. The number of hydrogen-bond donors (Lipinski definition) is 1. The maximum atomic E-state index is 11.3. The van der Waals surface area contributed by atoms with E-state index in [0.29, 0.717) is 45.3 Å². The summed E-state index contributed by atoms with van der Waals surface area (Å²) >= 11 is 1.64. The lowest BCUT2D eigenvalue weighted by atomic mass is 10.1. The molecule has 0 aromatic carbocycles. The maximum absolute atomic E-state index is 11.3. The maximum Gasteiger partial charge on any atom is 0.305 e. The standard InChI is InChI=1S/C14H25NO4S/c1-12(16)6-3-4-7-14(18)19-10-5-9-15-13(17)8-11-20-2/h3-11H2,1-2H3,(H,15,17). The van der Waals surface area contributed by atoms with Crippen LogP contribution in [0.25, 0.3) is 0 Å². The molecule has 0 unspecified atom stereocenters. The van der Waals surface area contributed by atoms with Crippen LogP contribution in [0.3, 0.4) is 0 Å². The van der Waals surface area contributed by atoms with E-state index in [1.165, 1.54) is 0 Å². The SMILES string of the molecule is CSCCC(=O)NCCCOC(=O)CCCCC(C)=O. The fraction of sp³-hybridized carbons (Fsp3) is 0.786. The predicted octanol–water partition coefficient (Wildman–Crippen LogP) is 1.94. The summed E-state index contributed by atoms with van der Waals surface area (Å²) < 4.78 is 5.03. The highest BCUT2D eigenvalue weighted by Crippen LogP contribution is 2.02. The van der Waals surface area contributed by atoms with Crippen molar-refractivity contribution in [1.29, 1.82) is 0 Å². The number of esters is 1. The monoisotopic (exact) mass is 303 g/mol. The van der Waals surface area contributed by atoms with E-state index in [1.807, 2.05) is 6.26 Å². The van der Waals surface area contributed by atoms with Gasteiger partial charge in [0.05, 0.1) is 6.61 Å². The average molecular weight is 303 g/mol. The van der Waals surface area contributed by atoms with Crippen LogP contribution in [0, 0.1) is 0 Å². The molecule has 5 nitrogen and oxygen atoms in total. The van der Waals surface area contributed by atoms with Gasteiger partial charge in [-0.3, -0.25) is 9.59 Å². The van der Waals surface area contributed by atoms with Gasteiger partial charge in [-0.15, -0.1) is 0 Å². The third kappa shape index (κ3) is 13.4. The topological polar surface area (TPSA) is 72.5 Å². The van der Waals surface area contributed by atoms with Crippen molar-refractivity contribution < 1.29 is 19.1 Å². The summed E-state index contributed by atoms with van der Waals surface area (Å²) in [5.74, 6) is 0.772. The highest BCUT2D eigenvalue weighted by atomic mass is 32.2. The molecule has 1 amide bonds. The second kappa shape index (κ2) is 13.0. The number of Topliss-reactive ketones (excluding diaryl/α,β-unsaturated/α-hetero) is 1. The largest absolute Gasteiger partial charge is 0.466 e. The number of thioether (sulfide) groups is 1. The molecule has 0 aliphatic rings. The number of ketones is 1. The first-order chi connectivity index (χ1) is 9.56. The second-order valence-electron chi connectivity index (χ2n) is 4.58. The van der Waals surface area contributed by atoms with Crippen LogP contribution in [0.2, 0.25) is 0 Å². The molecule has 0 aromatic rings. The van der Waals surface area contributed by atoms with Gasteiger partial charge in [-0.1, -0.05) is 0 Å². The Labute approximate surface area is 125 Å². The van der Waals surface area contributed by atoms with Crippen LogP contribution < -0.4 is 5.32 Å². The number of rotatable bonds is 12. The molecular weight excluding hydrogens is 278 g/mol. The first-order valence-electron chi connectivity index (χ1n) is 6.97. The summed E-state index contributed by atoms with van der Waals surface area (Å²) in [5, 5.41) is 2.77. The van der Waals surface area contributed by atoms with E-state index in [1.54, 1.807) is 18.7 Å². The van der Waals surface area contributed by atoms with E-state index >= 15 is 0 Å². The van der Waals surface area contributed by atoms with E-state index < -0.39 is 0 Å². The van der Waals surface area contributed by atoms with Gasteiger partial charge in [0.2, 0.25) is 5.91 Å². The molecule has 116 valence electrons. The van der Waals surface area contributed by atoms with Crippen molar-refractivity contribution in [3.8, 4) is 0 Å². The third-order valence-corrected chi connectivity index (χ3v) is 3.21. The van der Waals surface area contributed by atoms with Crippen LogP contribution in [0.15, 0.2) is 0 Å². The average Bonchev–Trinajstić information content (AvgIpc) is 2.40. The minimum Gasteiger partial charge on any atom is -0.466 e. The van der Waals surface area contributed by atoms with Crippen LogP contribution >= 0.6 is 11.8 Å². The molecule has 0 heterocycles. The van der Waals surface area contributed by atoms with Gasteiger partial charge >= 0.3 is 5.97 Å². The number of amides is 1. The van der Waals surface area contributed by atoms with Crippen molar-refractivity contribution in [1.82, 2.24) is 5.32 Å². The van der Waals surface area contributed by atoms with Crippen molar-refractivity contribution in [2.75, 3.05) is 25.2 Å². The molecule has 0 saturated heterocycles. The Morgan fingerprint density at radius 1 is 1.05 bits per heavy atom. The van der Waals surface area contributed by atoms with Gasteiger partial charge in [0.1, 0.15) is 5.78 Å². The van der Waals surface area contributed by atoms with Crippen LogP contribution in [-0.4, -0.2) is 42.8 Å². The molecule has 0 radical (unpaired) electrons. The van der Waals surface area contributed by atoms with Gasteiger partial charge in [0, 0.05) is 31.6 Å². The number of nitrogens with one attached hydrogen (secondary N) is 1. The summed E-state index contributed by atoms with van der Waals surface area (Å²) in [5.41, 5.74) is 0. The van der Waals surface area contributed by atoms with Crippen LogP contribution in [0.5, 0.6) is 0 Å². The van der Waals surface area contributed by atoms with E-state index in [9.17, 15) is 14.4 Å². The van der Waals surface area contributed by atoms with Crippen LogP contribution in [0.4, 0.5) is 0 Å². The Morgan fingerprint density at radius 3 is 2.40 bits per heavy atom. The van der Waals surface area contributed by atoms with E-state index in [2.05, 4.69) is 5.32 Å². The second-order valence-corrected chi connectivity index (χ2v) is 5.56. The first kappa shape index (κ1) is 19.0. The van der Waals surface area contributed by atoms with Crippen molar-refractivity contribution in [2.45, 2.75) is 45.4 Å². The summed E-state index contributed by atoms with van der Waals surface area (Å²) in [6.07, 6.45) is 5.41. The molecular formula is C14H25NO4S. The Hall–Kier alpha value is -1.04. The molecule has 0 aliphatic carbocycles. The van der Waals surface area contributed by atoms with Gasteiger partial charge in [0.25, 0.3) is 0 Å². The van der Waals surface area contributed by atoms with Crippen LogP contribution in [-0.2, 0) is 19.1 Å². The van der Waals surface area contributed by atoms with Crippen molar-refractivity contribution in [3.05, 3.63) is 0 Å². The minimum absolute atomic E-state index is 0.0370. The van der Waals surface area contributed by atoms with Gasteiger partial charge < -0.3 is 14.8 Å².